The van der Waals surface area contributed by atoms with Gasteiger partial charge in [0.2, 0.25) is 5.89 Å². The lowest BCUT2D eigenvalue weighted by molar-refractivity contribution is 0.415. The highest BCUT2D eigenvalue weighted by atomic mass is 16.5. The van der Waals surface area contributed by atoms with Crippen LogP contribution < -0.4 is 10.1 Å². The van der Waals surface area contributed by atoms with E-state index in [1.165, 1.54) is 0 Å². The number of oxazole rings is 1. The molecule has 0 aliphatic carbocycles. The maximum atomic E-state index is 5.70. The first-order chi connectivity index (χ1) is 9.30. The van der Waals surface area contributed by atoms with Crippen molar-refractivity contribution in [3.05, 3.63) is 36.5 Å². The molecule has 5 heteroatoms. The molecule has 0 saturated heterocycles. The minimum atomic E-state index is 0.554. The summed E-state index contributed by atoms with van der Waals surface area (Å²) in [5, 5.41) is 2.97. The van der Waals surface area contributed by atoms with Crippen LogP contribution in [-0.2, 0) is 0 Å². The molecule has 0 aliphatic rings. The molecule has 0 spiro atoms. The highest BCUT2D eigenvalue weighted by Crippen LogP contribution is 2.26. The first kappa shape index (κ1) is 11.5. The highest BCUT2D eigenvalue weighted by molar-refractivity contribution is 5.77. The SMILES string of the molecule is CNc1ccc(-c2nc3cc(OC)ccc3o2)cn1. The summed E-state index contributed by atoms with van der Waals surface area (Å²) in [4.78, 5) is 8.68. The predicted molar refractivity (Wildman–Crippen MR) is 73.3 cm³/mol. The molecular formula is C14H13N3O2. The topological polar surface area (TPSA) is 60.2 Å². The number of methoxy groups -OCH3 is 1. The van der Waals surface area contributed by atoms with Crippen molar-refractivity contribution in [3.8, 4) is 17.2 Å². The molecule has 0 unspecified atom stereocenters. The van der Waals surface area contributed by atoms with Crippen molar-refractivity contribution >= 4 is 16.9 Å². The molecule has 0 saturated carbocycles. The Labute approximate surface area is 110 Å². The summed E-state index contributed by atoms with van der Waals surface area (Å²) < 4.78 is 10.9. The fourth-order valence-corrected chi connectivity index (χ4v) is 1.83. The van der Waals surface area contributed by atoms with Crippen molar-refractivity contribution in [1.82, 2.24) is 9.97 Å². The molecule has 2 aromatic heterocycles. The number of fused-ring (bicyclic) bond motifs is 1. The standard InChI is InChI=1S/C14H13N3O2/c1-15-13-6-3-9(8-16-13)14-17-11-7-10(18-2)4-5-12(11)19-14/h3-8H,1-2H3,(H,15,16). The van der Waals surface area contributed by atoms with E-state index in [-0.39, 0.29) is 0 Å². The number of hydrogen-bond acceptors (Lipinski definition) is 5. The number of ether oxygens (including phenoxy) is 1. The molecule has 19 heavy (non-hydrogen) atoms. The monoisotopic (exact) mass is 255 g/mol. The van der Waals surface area contributed by atoms with Crippen LogP contribution in [-0.4, -0.2) is 24.1 Å². The summed E-state index contributed by atoms with van der Waals surface area (Å²) in [6.07, 6.45) is 1.73. The van der Waals surface area contributed by atoms with Crippen LogP contribution in [0.4, 0.5) is 5.82 Å². The molecule has 0 amide bonds. The van der Waals surface area contributed by atoms with Gasteiger partial charge in [0.05, 0.1) is 12.7 Å². The van der Waals surface area contributed by atoms with Gasteiger partial charge in [-0.3, -0.25) is 0 Å². The smallest absolute Gasteiger partial charge is 0.228 e. The van der Waals surface area contributed by atoms with Crippen LogP contribution >= 0.6 is 0 Å². The third kappa shape index (κ3) is 2.10. The quantitative estimate of drug-likeness (QED) is 0.779. The van der Waals surface area contributed by atoms with E-state index in [1.807, 2.05) is 37.4 Å². The average molecular weight is 255 g/mol. The van der Waals surface area contributed by atoms with Gasteiger partial charge < -0.3 is 14.5 Å². The Hall–Kier alpha value is -2.56. The summed E-state index contributed by atoms with van der Waals surface area (Å²) in [6.45, 7) is 0. The van der Waals surface area contributed by atoms with Crippen LogP contribution in [0, 0.1) is 0 Å². The molecule has 0 fully saturated rings. The van der Waals surface area contributed by atoms with E-state index >= 15 is 0 Å². The number of nitrogens with zero attached hydrogens (tertiary/aromatic N) is 2. The van der Waals surface area contributed by atoms with Gasteiger partial charge in [0.15, 0.2) is 5.58 Å². The van der Waals surface area contributed by atoms with Crippen LogP contribution in [0.25, 0.3) is 22.6 Å². The molecule has 0 radical (unpaired) electrons. The normalized spacial score (nSPS) is 10.6. The number of nitrogens with one attached hydrogen (secondary N) is 1. The van der Waals surface area contributed by atoms with Crippen molar-refractivity contribution in [2.24, 2.45) is 0 Å². The van der Waals surface area contributed by atoms with Gasteiger partial charge in [-0.1, -0.05) is 0 Å². The maximum absolute atomic E-state index is 5.70. The Morgan fingerprint density at radius 3 is 2.79 bits per heavy atom. The number of rotatable bonds is 3. The van der Waals surface area contributed by atoms with Gasteiger partial charge in [0, 0.05) is 19.3 Å². The Morgan fingerprint density at radius 2 is 2.11 bits per heavy atom. The lowest BCUT2D eigenvalue weighted by Gasteiger charge is -1.98. The molecule has 0 atom stereocenters. The molecule has 0 aliphatic heterocycles. The Balaban J connectivity index is 2.04. The number of hydrogen-bond donors (Lipinski definition) is 1. The summed E-state index contributed by atoms with van der Waals surface area (Å²) >= 11 is 0. The van der Waals surface area contributed by atoms with E-state index in [9.17, 15) is 0 Å². The van der Waals surface area contributed by atoms with Gasteiger partial charge in [0.1, 0.15) is 17.1 Å². The lowest BCUT2D eigenvalue weighted by Crippen LogP contribution is -1.91. The van der Waals surface area contributed by atoms with E-state index in [1.54, 1.807) is 13.3 Å². The number of anilines is 1. The lowest BCUT2D eigenvalue weighted by atomic mass is 10.3. The minimum absolute atomic E-state index is 0.554. The minimum Gasteiger partial charge on any atom is -0.497 e. The summed E-state index contributed by atoms with van der Waals surface area (Å²) in [5.41, 5.74) is 2.34. The number of benzene rings is 1. The highest BCUT2D eigenvalue weighted by Gasteiger charge is 2.09. The summed E-state index contributed by atoms with van der Waals surface area (Å²) in [5.74, 6) is 2.12. The largest absolute Gasteiger partial charge is 0.497 e. The van der Waals surface area contributed by atoms with Gasteiger partial charge >= 0.3 is 0 Å². The molecule has 96 valence electrons. The summed E-state index contributed by atoms with van der Waals surface area (Å²) in [7, 11) is 3.45. The second-order valence-electron chi connectivity index (χ2n) is 4.03. The molecule has 3 rings (SSSR count). The zero-order chi connectivity index (χ0) is 13.2. The van der Waals surface area contributed by atoms with Gasteiger partial charge in [-0.25, -0.2) is 9.97 Å². The third-order valence-corrected chi connectivity index (χ3v) is 2.86. The van der Waals surface area contributed by atoms with E-state index < -0.39 is 0 Å². The fraction of sp³-hybridized carbons (Fsp3) is 0.143. The fourth-order valence-electron chi connectivity index (χ4n) is 1.83. The summed E-state index contributed by atoms with van der Waals surface area (Å²) in [6, 6.07) is 9.34. The Kier molecular flexibility index (Phi) is 2.79. The van der Waals surface area contributed by atoms with Crippen molar-refractivity contribution in [1.29, 1.82) is 0 Å². The van der Waals surface area contributed by atoms with Gasteiger partial charge in [-0.15, -0.1) is 0 Å². The van der Waals surface area contributed by atoms with E-state index in [0.717, 1.165) is 28.2 Å². The zero-order valence-corrected chi connectivity index (χ0v) is 10.7. The second-order valence-corrected chi connectivity index (χ2v) is 4.03. The van der Waals surface area contributed by atoms with Gasteiger partial charge in [0.25, 0.3) is 0 Å². The molecular weight excluding hydrogens is 242 g/mol. The van der Waals surface area contributed by atoms with Crippen LogP contribution in [0.1, 0.15) is 0 Å². The first-order valence-electron chi connectivity index (χ1n) is 5.89. The number of pyridine rings is 1. The van der Waals surface area contributed by atoms with E-state index in [4.69, 9.17) is 9.15 Å². The van der Waals surface area contributed by atoms with Crippen LogP contribution in [0.3, 0.4) is 0 Å². The third-order valence-electron chi connectivity index (χ3n) is 2.86. The molecule has 5 nitrogen and oxygen atoms in total. The maximum Gasteiger partial charge on any atom is 0.228 e. The van der Waals surface area contributed by atoms with Crippen molar-refractivity contribution < 1.29 is 9.15 Å². The second kappa shape index (κ2) is 4.61. The van der Waals surface area contributed by atoms with Crippen molar-refractivity contribution in [2.75, 3.05) is 19.5 Å². The predicted octanol–water partition coefficient (Wildman–Crippen LogP) is 2.94. The van der Waals surface area contributed by atoms with Crippen LogP contribution in [0.5, 0.6) is 5.75 Å². The van der Waals surface area contributed by atoms with Crippen LogP contribution in [0.2, 0.25) is 0 Å². The molecule has 0 bridgehead atoms. The Bertz CT molecular complexity index is 704. The van der Waals surface area contributed by atoms with Gasteiger partial charge in [-0.05, 0) is 24.3 Å². The first-order valence-corrected chi connectivity index (χ1v) is 5.89. The molecule has 1 aromatic carbocycles. The Morgan fingerprint density at radius 1 is 1.21 bits per heavy atom. The van der Waals surface area contributed by atoms with E-state index in [2.05, 4.69) is 15.3 Å². The molecule has 3 aromatic rings. The number of aromatic nitrogens is 2. The van der Waals surface area contributed by atoms with Crippen LogP contribution in [0.15, 0.2) is 40.9 Å². The van der Waals surface area contributed by atoms with Gasteiger partial charge in [-0.2, -0.15) is 0 Å². The van der Waals surface area contributed by atoms with E-state index in [0.29, 0.717) is 5.89 Å². The van der Waals surface area contributed by atoms with Crippen molar-refractivity contribution in [2.45, 2.75) is 0 Å². The van der Waals surface area contributed by atoms with Crippen molar-refractivity contribution in [3.63, 3.8) is 0 Å². The zero-order valence-electron chi connectivity index (χ0n) is 10.7. The average Bonchev–Trinajstić information content (AvgIpc) is 2.90. The molecule has 2 heterocycles. The molecule has 1 N–H and O–H groups in total.